The number of hydrogen-bond donors (Lipinski definition) is 0. The average molecular weight is 837 g/mol. The van der Waals surface area contributed by atoms with Crippen LogP contribution in [0.2, 0.25) is 0 Å². The Balaban J connectivity index is 0.905. The first-order chi connectivity index (χ1) is 32.7. The van der Waals surface area contributed by atoms with Crippen molar-refractivity contribution in [1.82, 2.24) is 19.1 Å². The number of rotatable bonds is 4. The zero-order chi connectivity index (χ0) is 43.0. The van der Waals surface area contributed by atoms with E-state index in [0.29, 0.717) is 0 Å². The third kappa shape index (κ3) is 4.93. The predicted molar refractivity (Wildman–Crippen MR) is 276 cm³/mol. The molecule has 1 aliphatic rings. The summed E-state index contributed by atoms with van der Waals surface area (Å²) in [4.78, 5) is 10.8. The summed E-state index contributed by atoms with van der Waals surface area (Å²) in [6.07, 6.45) is 0. The van der Waals surface area contributed by atoms with Crippen LogP contribution in [0, 0.1) is 0 Å². The van der Waals surface area contributed by atoms with Crippen molar-refractivity contribution in [3.8, 4) is 56.1 Å². The van der Waals surface area contributed by atoms with Gasteiger partial charge in [0.25, 0.3) is 0 Å². The highest BCUT2D eigenvalue weighted by Crippen LogP contribution is 2.50. The first-order valence-corrected chi connectivity index (χ1v) is 22.7. The molecule has 0 amide bonds. The second-order valence-electron chi connectivity index (χ2n) is 17.7. The maximum atomic E-state index is 5.39. The van der Waals surface area contributed by atoms with Crippen LogP contribution in [0.5, 0.6) is 0 Å². The number of benzene rings is 11. The van der Waals surface area contributed by atoms with Crippen LogP contribution < -0.4 is 0 Å². The van der Waals surface area contributed by atoms with Gasteiger partial charge in [0.05, 0.1) is 44.5 Å². The quantitative estimate of drug-likeness (QED) is 0.177. The molecule has 0 N–H and O–H groups in total. The van der Waals surface area contributed by atoms with E-state index in [0.717, 1.165) is 44.9 Å². The minimum absolute atomic E-state index is 0.870. The van der Waals surface area contributed by atoms with Gasteiger partial charge in [-0.05, 0) is 110 Å². The third-order valence-corrected chi connectivity index (χ3v) is 14.2. The van der Waals surface area contributed by atoms with Crippen LogP contribution in [0.4, 0.5) is 0 Å². The van der Waals surface area contributed by atoms with Gasteiger partial charge < -0.3 is 9.13 Å². The van der Waals surface area contributed by atoms with Crippen LogP contribution in [0.15, 0.2) is 218 Å². The van der Waals surface area contributed by atoms with E-state index in [1.54, 1.807) is 0 Å². The Morgan fingerprint density at radius 1 is 0.288 bits per heavy atom. The number of para-hydroxylation sites is 4. The van der Waals surface area contributed by atoms with E-state index in [9.17, 15) is 0 Å². The normalized spacial score (nSPS) is 12.2. The smallest absolute Gasteiger partial charge is 0.0979 e. The Labute approximate surface area is 378 Å². The van der Waals surface area contributed by atoms with Crippen LogP contribution in [0.1, 0.15) is 0 Å². The number of nitrogens with zero attached hydrogens (tertiary/aromatic N) is 4. The van der Waals surface area contributed by atoms with Crippen molar-refractivity contribution in [2.24, 2.45) is 0 Å². The topological polar surface area (TPSA) is 35.6 Å². The lowest BCUT2D eigenvalue weighted by atomic mass is 9.94. The maximum Gasteiger partial charge on any atom is 0.0979 e. The average Bonchev–Trinajstić information content (AvgIpc) is 4.02. The molecule has 0 bridgehead atoms. The molecule has 66 heavy (non-hydrogen) atoms. The SMILES string of the molecule is c1ccc2c(c1)-c1cccc3c(-c4nc5ccccc5nc4-c4ccc(-n5c6ccccc6c6cc7ccc(-n8c9ccccc9c9ccc%10ccccc%10c98)cc7cc65)cc4)ccc-2c13. The molecule has 4 heteroatoms. The molecule has 0 spiro atoms. The molecule has 0 saturated carbocycles. The van der Waals surface area contributed by atoms with Crippen LogP contribution >= 0.6 is 0 Å². The predicted octanol–water partition coefficient (Wildman–Crippen LogP) is 16.3. The first-order valence-electron chi connectivity index (χ1n) is 22.7. The Morgan fingerprint density at radius 2 is 0.879 bits per heavy atom. The van der Waals surface area contributed by atoms with Gasteiger partial charge in [0.1, 0.15) is 0 Å². The van der Waals surface area contributed by atoms with Crippen molar-refractivity contribution in [3.05, 3.63) is 218 Å². The minimum atomic E-state index is 0.870. The van der Waals surface area contributed by atoms with Crippen molar-refractivity contribution in [1.29, 1.82) is 0 Å². The molecule has 15 rings (SSSR count). The molecule has 3 aromatic heterocycles. The highest BCUT2D eigenvalue weighted by molar-refractivity contribution is 6.21. The van der Waals surface area contributed by atoms with Crippen LogP contribution in [0.25, 0.3) is 143 Å². The van der Waals surface area contributed by atoms with Gasteiger partial charge in [-0.25, -0.2) is 9.97 Å². The fourth-order valence-electron chi connectivity index (χ4n) is 11.3. The van der Waals surface area contributed by atoms with Gasteiger partial charge in [-0.3, -0.25) is 0 Å². The summed E-state index contributed by atoms with van der Waals surface area (Å²) in [6, 6.07) is 79.6. The number of aromatic nitrogens is 4. The highest BCUT2D eigenvalue weighted by atomic mass is 15.0. The Kier molecular flexibility index (Phi) is 7.19. The zero-order valence-corrected chi connectivity index (χ0v) is 35.6. The van der Waals surface area contributed by atoms with E-state index in [1.807, 2.05) is 12.1 Å². The maximum absolute atomic E-state index is 5.39. The van der Waals surface area contributed by atoms with E-state index in [1.165, 1.54) is 98.2 Å². The molecule has 3 heterocycles. The van der Waals surface area contributed by atoms with Crippen molar-refractivity contribution in [2.45, 2.75) is 0 Å². The largest absolute Gasteiger partial charge is 0.309 e. The molecule has 1 aliphatic carbocycles. The van der Waals surface area contributed by atoms with E-state index >= 15 is 0 Å². The van der Waals surface area contributed by atoms with Crippen LogP contribution in [0.3, 0.4) is 0 Å². The Hall–Kier alpha value is -8.86. The number of hydrogen-bond acceptors (Lipinski definition) is 2. The summed E-state index contributed by atoms with van der Waals surface area (Å²) >= 11 is 0. The summed E-state index contributed by atoms with van der Waals surface area (Å²) < 4.78 is 4.87. The highest BCUT2D eigenvalue weighted by Gasteiger charge is 2.25. The molecule has 304 valence electrons. The molecule has 11 aromatic carbocycles. The summed E-state index contributed by atoms with van der Waals surface area (Å²) in [7, 11) is 0. The lowest BCUT2D eigenvalue weighted by Crippen LogP contribution is -1.98. The second kappa shape index (κ2) is 13.3. The fraction of sp³-hybridized carbons (Fsp3) is 0. The second-order valence-corrected chi connectivity index (χ2v) is 17.7. The molecular formula is C62H36N4. The molecule has 0 unspecified atom stereocenters. The van der Waals surface area contributed by atoms with Crippen molar-refractivity contribution >= 4 is 87.0 Å². The van der Waals surface area contributed by atoms with Gasteiger partial charge in [0.2, 0.25) is 0 Å². The van der Waals surface area contributed by atoms with Gasteiger partial charge in [-0.1, -0.05) is 158 Å². The van der Waals surface area contributed by atoms with Gasteiger partial charge in [-0.2, -0.15) is 0 Å². The zero-order valence-electron chi connectivity index (χ0n) is 35.6. The first kappa shape index (κ1) is 35.6. The van der Waals surface area contributed by atoms with Gasteiger partial charge in [0, 0.05) is 49.4 Å². The Morgan fingerprint density at radius 3 is 1.68 bits per heavy atom. The van der Waals surface area contributed by atoms with Crippen LogP contribution in [-0.4, -0.2) is 19.1 Å². The summed E-state index contributed by atoms with van der Waals surface area (Å²) in [5.74, 6) is 0. The van der Waals surface area contributed by atoms with Gasteiger partial charge in [-0.15, -0.1) is 0 Å². The molecule has 0 saturated heterocycles. The summed E-state index contributed by atoms with van der Waals surface area (Å²) in [5, 5.41) is 12.4. The van der Waals surface area contributed by atoms with E-state index < -0.39 is 0 Å². The van der Waals surface area contributed by atoms with Crippen molar-refractivity contribution in [2.75, 3.05) is 0 Å². The lowest BCUT2D eigenvalue weighted by Gasteiger charge is -2.15. The third-order valence-electron chi connectivity index (χ3n) is 14.2. The minimum Gasteiger partial charge on any atom is -0.309 e. The van der Waals surface area contributed by atoms with Crippen LogP contribution in [-0.2, 0) is 0 Å². The van der Waals surface area contributed by atoms with E-state index in [4.69, 9.17) is 9.97 Å². The Bertz CT molecular complexity index is 4370. The molecule has 14 aromatic rings. The summed E-state index contributed by atoms with van der Waals surface area (Å²) in [5.41, 5.74) is 17.8. The fourth-order valence-corrected chi connectivity index (χ4v) is 11.3. The van der Waals surface area contributed by atoms with E-state index in [2.05, 4.69) is 215 Å². The standard InChI is InChI=1S/C62H36N4/c1-2-13-43-37(12-1)27-31-52-46-16-5-10-23-57(46)66(62(43)52)42-30-26-39-35-53-47-17-6-9-22-56(47)65(58(53)36-40(39)34-42)41-28-24-38(25-29-41)60-61(64-55-21-8-7-20-54(55)63-60)51-33-32-50-45-15-4-3-14-44(45)48-18-11-19-49(51)59(48)50/h1-36H. The molecule has 0 aliphatic heterocycles. The van der Waals surface area contributed by atoms with Gasteiger partial charge >= 0.3 is 0 Å². The van der Waals surface area contributed by atoms with Crippen molar-refractivity contribution < 1.29 is 0 Å². The molecular weight excluding hydrogens is 801 g/mol. The molecule has 4 nitrogen and oxygen atoms in total. The molecule has 0 atom stereocenters. The lowest BCUT2D eigenvalue weighted by molar-refractivity contribution is 1.18. The number of fused-ring (bicyclic) bond motifs is 13. The van der Waals surface area contributed by atoms with Gasteiger partial charge in [0.15, 0.2) is 0 Å². The molecule has 0 radical (unpaired) electrons. The monoisotopic (exact) mass is 836 g/mol. The van der Waals surface area contributed by atoms with E-state index in [-0.39, 0.29) is 0 Å². The van der Waals surface area contributed by atoms with Crippen molar-refractivity contribution in [3.63, 3.8) is 0 Å². The molecule has 0 fully saturated rings. The summed E-state index contributed by atoms with van der Waals surface area (Å²) in [6.45, 7) is 0.